The molecule has 0 aliphatic heterocycles. The van der Waals surface area contributed by atoms with Gasteiger partial charge in [0.05, 0.1) is 52.0 Å². The number of para-hydroxylation sites is 2. The molecule has 1 spiro atoms. The predicted octanol–water partition coefficient (Wildman–Crippen LogP) is 14.7. The number of nitrogens with zero attached hydrogens (tertiary/aromatic N) is 1. The maximum absolute atomic E-state index is 10.2. The van der Waals surface area contributed by atoms with E-state index in [0.29, 0.717) is 4.90 Å². The van der Waals surface area contributed by atoms with Crippen molar-refractivity contribution in [2.45, 2.75) is 5.41 Å². The van der Waals surface area contributed by atoms with Crippen LogP contribution >= 0.6 is 0 Å². The van der Waals surface area contributed by atoms with Crippen molar-refractivity contribution in [3.8, 4) is 44.5 Å². The molecule has 2 aliphatic carbocycles. The third kappa shape index (κ3) is 4.59. The Morgan fingerprint density at radius 3 is 1.49 bits per heavy atom. The maximum Gasteiger partial charge on any atom is 0.143 e. The molecule has 0 bridgehead atoms. The van der Waals surface area contributed by atoms with E-state index in [9.17, 15) is 21.9 Å². The van der Waals surface area contributed by atoms with Gasteiger partial charge in [-0.3, -0.25) is 0 Å². The first-order chi connectivity index (χ1) is 42.4. The third-order valence-electron chi connectivity index (χ3n) is 9.80. The number of anilines is 3. The van der Waals surface area contributed by atoms with Crippen LogP contribution in [0.5, 0.6) is 0 Å². The molecule has 0 atom stereocenters. The van der Waals surface area contributed by atoms with Crippen LogP contribution in [0.3, 0.4) is 0 Å². The molecule has 0 amide bonds. The van der Waals surface area contributed by atoms with Crippen LogP contribution < -0.4 is 4.90 Å². The molecule has 2 heteroatoms. The van der Waals surface area contributed by atoms with Crippen molar-refractivity contribution in [2.75, 3.05) is 4.90 Å². The molecule has 0 saturated carbocycles. The largest absolute Gasteiger partial charge is 0.455 e. The Morgan fingerprint density at radius 2 is 0.825 bits per heavy atom. The van der Waals surface area contributed by atoms with Gasteiger partial charge in [0.15, 0.2) is 0 Å². The maximum atomic E-state index is 10.2. The lowest BCUT2D eigenvalue weighted by Gasteiger charge is -2.31. The third-order valence-corrected chi connectivity index (χ3v) is 9.80. The van der Waals surface area contributed by atoms with Gasteiger partial charge >= 0.3 is 0 Å². The van der Waals surface area contributed by atoms with E-state index in [1.54, 1.807) is 0 Å². The highest BCUT2D eigenvalue weighted by molar-refractivity contribution is 6.09. The lowest BCUT2D eigenvalue weighted by Crippen LogP contribution is -2.25. The predicted molar refractivity (Wildman–Crippen MR) is 236 cm³/mol. The van der Waals surface area contributed by atoms with Gasteiger partial charge < -0.3 is 9.32 Å². The molecule has 0 radical (unpaired) electrons. The van der Waals surface area contributed by atoms with Crippen LogP contribution in [0.15, 0.2) is 216 Å². The Morgan fingerprint density at radius 1 is 0.351 bits per heavy atom. The standard InChI is InChI=1S/C55H35NO/c1-2-13-36(14-3-1)37-25-29-39(30-26-37)56(40-31-27-38(28-32-40)42-19-12-20-47-46-18-7-11-24-53(46)57-54(42)47)41-33-34-52-48(35-41)45-17-6-10-23-51(45)55(52)49-21-8-4-15-43(49)44-16-5-9-22-50(44)55/h1-35H/i1D,2D,3D,4D,5D,6D,7D,8D,9D,10D,11D,12D,13D,14D,15D,16D,17D,18D,19D,20D,21D,22D,23D,24D,25D,26D,27D,28D,29D,30D,31D,32D,33D,34D. The first-order valence-electron chi connectivity index (χ1n) is 33.9. The Labute approximate surface area is 379 Å². The molecule has 266 valence electrons. The van der Waals surface area contributed by atoms with Crippen LogP contribution in [-0.2, 0) is 5.41 Å². The van der Waals surface area contributed by atoms with Crippen molar-refractivity contribution in [1.29, 1.82) is 0 Å². The molecule has 12 rings (SSSR count). The Bertz CT molecular complexity index is 5030. The first kappa shape index (κ1) is 13.1. The highest BCUT2D eigenvalue weighted by Gasteiger charge is 2.51. The lowest BCUT2D eigenvalue weighted by atomic mass is 9.70. The SMILES string of the molecule is [2H]c1c(N(c2c([2H])c([2H])c(-c3c([2H])c([2H])c([2H])c([2H])c3[2H])c([2H])c2[2H])c2c([2H])c([2H])c(-c3c([2H])c([2H])c([2H])c4c3oc3c([2H])c([2H])c([2H])c([2H])c34)c([2H])c2[2H])cc2c(c1[2H])C1(c3c([2H])c([2H])c([2H])c([2H])c3-2)c2c([2H])c([2H])c([2H])c([2H])c2-c2c([2H])c([2H])c([2H])c([2H])c21. The van der Waals surface area contributed by atoms with E-state index < -0.39 is 317 Å². The molecule has 1 aromatic heterocycles. The Balaban J connectivity index is 1.28. The summed E-state index contributed by atoms with van der Waals surface area (Å²) in [5.74, 6) is 0. The molecule has 0 N–H and O–H groups in total. The highest BCUT2D eigenvalue weighted by atomic mass is 16.3. The zero-order chi connectivity index (χ0) is 67.1. The van der Waals surface area contributed by atoms with Gasteiger partial charge in [0.1, 0.15) is 11.2 Å². The number of benzene rings is 9. The van der Waals surface area contributed by atoms with Crippen molar-refractivity contribution in [3.05, 3.63) is 234 Å². The molecule has 9 aromatic carbocycles. The van der Waals surface area contributed by atoms with Crippen LogP contribution in [0.25, 0.3) is 66.4 Å². The van der Waals surface area contributed by atoms with E-state index in [-0.39, 0.29) is 0 Å². The van der Waals surface area contributed by atoms with Crippen molar-refractivity contribution in [2.24, 2.45) is 0 Å². The summed E-state index contributed by atoms with van der Waals surface area (Å²) >= 11 is 0. The molecule has 0 saturated heterocycles. The summed E-state index contributed by atoms with van der Waals surface area (Å²) in [5.41, 5.74) is -15.9. The quantitative estimate of drug-likeness (QED) is 0.174. The molecule has 57 heavy (non-hydrogen) atoms. The van der Waals surface area contributed by atoms with Gasteiger partial charge in [0, 0.05) is 33.4 Å². The number of hydrogen-bond donors (Lipinski definition) is 0. The monoisotopic (exact) mass is 759 g/mol. The fourth-order valence-corrected chi connectivity index (χ4v) is 7.48. The number of fused-ring (bicyclic) bond motifs is 13. The average Bonchev–Trinajstić information content (AvgIpc) is 1.48. The lowest BCUT2D eigenvalue weighted by molar-refractivity contribution is 0.670. The molecule has 2 nitrogen and oxygen atoms in total. The summed E-state index contributed by atoms with van der Waals surface area (Å²) in [5, 5.41) is -0.975. The van der Waals surface area contributed by atoms with E-state index in [1.807, 2.05) is 0 Å². The average molecular weight is 760 g/mol. The topological polar surface area (TPSA) is 16.4 Å². The zero-order valence-corrected chi connectivity index (χ0v) is 28.4. The molecular formula is C55H35NO. The second-order valence-corrected chi connectivity index (χ2v) is 12.6. The minimum atomic E-state index is -2.83. The van der Waals surface area contributed by atoms with Gasteiger partial charge in [0.25, 0.3) is 0 Å². The van der Waals surface area contributed by atoms with Gasteiger partial charge in [-0.2, -0.15) is 0 Å². The molecule has 2 aliphatic rings. The van der Waals surface area contributed by atoms with E-state index in [1.165, 1.54) is 0 Å². The second-order valence-electron chi connectivity index (χ2n) is 12.6. The van der Waals surface area contributed by atoms with Crippen LogP contribution in [0.4, 0.5) is 17.1 Å². The molecule has 10 aromatic rings. The normalized spacial score (nSPS) is 21.4. The summed E-state index contributed by atoms with van der Waals surface area (Å²) in [6.07, 6.45) is 0. The van der Waals surface area contributed by atoms with Gasteiger partial charge in [-0.1, -0.05) is 169 Å². The summed E-state index contributed by atoms with van der Waals surface area (Å²) in [7, 11) is 0. The second kappa shape index (κ2) is 12.3. The number of rotatable bonds is 5. The van der Waals surface area contributed by atoms with Crippen LogP contribution in [0.1, 0.15) is 68.9 Å². The molecule has 0 fully saturated rings. The minimum Gasteiger partial charge on any atom is -0.455 e. The van der Waals surface area contributed by atoms with Crippen LogP contribution in [0.2, 0.25) is 0 Å². The highest BCUT2D eigenvalue weighted by Crippen LogP contribution is 2.63. The fraction of sp³-hybridized carbons (Fsp3) is 0.0182. The van der Waals surface area contributed by atoms with Crippen molar-refractivity contribution in [3.63, 3.8) is 0 Å². The van der Waals surface area contributed by atoms with E-state index >= 15 is 0 Å². The number of hydrogen-bond acceptors (Lipinski definition) is 2. The Hall–Kier alpha value is -7.42. The zero-order valence-electron chi connectivity index (χ0n) is 62.4. The van der Waals surface area contributed by atoms with E-state index in [2.05, 4.69) is 0 Å². The summed E-state index contributed by atoms with van der Waals surface area (Å²) in [4.78, 5) is 0.425. The summed E-state index contributed by atoms with van der Waals surface area (Å²) in [6.45, 7) is 0. The van der Waals surface area contributed by atoms with Gasteiger partial charge in [-0.05, 0) is 104 Å². The number of furan rings is 1. The molecule has 0 unspecified atom stereocenters. The molecular weight excluding hydrogens is 691 g/mol. The van der Waals surface area contributed by atoms with Crippen LogP contribution in [-0.4, -0.2) is 0 Å². The van der Waals surface area contributed by atoms with Crippen molar-refractivity contribution < 1.29 is 51.0 Å². The Kier molecular flexibility index (Phi) is 2.82. The fourth-order valence-electron chi connectivity index (χ4n) is 7.48. The van der Waals surface area contributed by atoms with E-state index in [4.69, 9.17) is 29.1 Å². The van der Waals surface area contributed by atoms with Crippen LogP contribution in [0, 0.1) is 0 Å². The van der Waals surface area contributed by atoms with Gasteiger partial charge in [-0.15, -0.1) is 0 Å². The smallest absolute Gasteiger partial charge is 0.143 e. The summed E-state index contributed by atoms with van der Waals surface area (Å²) < 4.78 is 317. The van der Waals surface area contributed by atoms with Gasteiger partial charge in [0.2, 0.25) is 0 Å². The first-order valence-corrected chi connectivity index (χ1v) is 16.9. The van der Waals surface area contributed by atoms with Gasteiger partial charge in [-0.25, -0.2) is 0 Å². The summed E-state index contributed by atoms with van der Waals surface area (Å²) in [6, 6.07) is -33.8. The van der Waals surface area contributed by atoms with E-state index in [0.717, 1.165) is 6.07 Å². The minimum absolute atomic E-state index is 0.425. The van der Waals surface area contributed by atoms with Crippen molar-refractivity contribution in [1.82, 2.24) is 0 Å². The van der Waals surface area contributed by atoms with Crippen molar-refractivity contribution >= 4 is 39.0 Å². The molecule has 1 heterocycles.